The van der Waals surface area contributed by atoms with Gasteiger partial charge < -0.3 is 10.1 Å². The number of carbonyl (C=O) groups excluding carboxylic acids is 1. The highest BCUT2D eigenvalue weighted by Crippen LogP contribution is 2.30. The van der Waals surface area contributed by atoms with Gasteiger partial charge in [0.05, 0.1) is 0 Å². The smallest absolute Gasteiger partial charge is 0.306 e. The van der Waals surface area contributed by atoms with Gasteiger partial charge in [-0.3, -0.25) is 4.79 Å². The monoisotopic (exact) mass is 325 g/mol. The van der Waals surface area contributed by atoms with Crippen LogP contribution in [0.4, 0.5) is 0 Å². The third kappa shape index (κ3) is 9.34. The van der Waals surface area contributed by atoms with Crippen LogP contribution in [0.5, 0.6) is 0 Å². The molecule has 0 amide bonds. The van der Waals surface area contributed by atoms with Crippen LogP contribution in [0.25, 0.3) is 0 Å². The first-order chi connectivity index (χ1) is 10.7. The van der Waals surface area contributed by atoms with E-state index in [1.807, 2.05) is 0 Å². The molecule has 0 aromatic rings. The van der Waals surface area contributed by atoms with Gasteiger partial charge in [0, 0.05) is 30.3 Å². The fourth-order valence-corrected chi connectivity index (χ4v) is 3.96. The van der Waals surface area contributed by atoms with Crippen LogP contribution in [0.15, 0.2) is 0 Å². The molecule has 1 heterocycles. The van der Waals surface area contributed by atoms with Crippen molar-refractivity contribution >= 4 is 5.97 Å². The fourth-order valence-electron chi connectivity index (χ4n) is 3.96. The van der Waals surface area contributed by atoms with Crippen LogP contribution in [0.2, 0.25) is 0 Å². The van der Waals surface area contributed by atoms with Gasteiger partial charge in [0.25, 0.3) is 0 Å². The predicted octanol–water partition coefficient (Wildman–Crippen LogP) is 5.37. The number of rotatable bonds is 10. The predicted molar refractivity (Wildman–Crippen MR) is 97.6 cm³/mol. The van der Waals surface area contributed by atoms with Crippen LogP contribution in [0.1, 0.15) is 105 Å². The van der Waals surface area contributed by atoms with Crippen molar-refractivity contribution in [3.63, 3.8) is 0 Å². The molecule has 0 spiro atoms. The minimum absolute atomic E-state index is 0.00511. The van der Waals surface area contributed by atoms with Gasteiger partial charge in [-0.25, -0.2) is 0 Å². The maximum absolute atomic E-state index is 12.1. The number of hydrogen-bond donors (Lipinski definition) is 1. The summed E-state index contributed by atoms with van der Waals surface area (Å²) >= 11 is 0. The van der Waals surface area contributed by atoms with Crippen LogP contribution < -0.4 is 5.32 Å². The third-order valence-corrected chi connectivity index (χ3v) is 4.69. The van der Waals surface area contributed by atoms with E-state index in [1.165, 1.54) is 38.5 Å². The maximum atomic E-state index is 12.1. The van der Waals surface area contributed by atoms with Gasteiger partial charge in [-0.05, 0) is 34.1 Å². The number of piperidine rings is 1. The standard InChI is InChI=1S/C20H39NO2/c1-6-7-8-9-10-11-12-13-14-18(22)23-17-15-19(2,3)21-20(4,5)16-17/h17,21H,6-16H2,1-5H3. The molecule has 0 atom stereocenters. The Morgan fingerprint density at radius 2 is 1.39 bits per heavy atom. The lowest BCUT2D eigenvalue weighted by atomic mass is 9.81. The first kappa shape index (κ1) is 20.5. The summed E-state index contributed by atoms with van der Waals surface area (Å²) in [6.45, 7) is 11.0. The minimum Gasteiger partial charge on any atom is -0.462 e. The van der Waals surface area contributed by atoms with Crippen LogP contribution in [-0.2, 0) is 9.53 Å². The Balaban J connectivity index is 2.14. The zero-order valence-corrected chi connectivity index (χ0v) is 16.2. The molecule has 0 aliphatic carbocycles. The lowest BCUT2D eigenvalue weighted by Gasteiger charge is -2.45. The summed E-state index contributed by atoms with van der Waals surface area (Å²) in [7, 11) is 0. The van der Waals surface area contributed by atoms with Crippen molar-refractivity contribution in [3.8, 4) is 0 Å². The summed E-state index contributed by atoms with van der Waals surface area (Å²) in [5.74, 6) is -0.00511. The lowest BCUT2D eigenvalue weighted by Crippen LogP contribution is -2.59. The van der Waals surface area contributed by atoms with Gasteiger partial charge in [0.1, 0.15) is 6.10 Å². The summed E-state index contributed by atoms with van der Waals surface area (Å²) in [6.07, 6.45) is 12.5. The van der Waals surface area contributed by atoms with Crippen molar-refractivity contribution in [3.05, 3.63) is 0 Å². The molecule has 1 fully saturated rings. The van der Waals surface area contributed by atoms with E-state index in [0.29, 0.717) is 6.42 Å². The topological polar surface area (TPSA) is 38.3 Å². The Morgan fingerprint density at radius 1 is 0.913 bits per heavy atom. The largest absolute Gasteiger partial charge is 0.462 e. The van der Waals surface area contributed by atoms with E-state index in [4.69, 9.17) is 4.74 Å². The first-order valence-electron chi connectivity index (χ1n) is 9.73. The molecule has 23 heavy (non-hydrogen) atoms. The second kappa shape index (κ2) is 9.66. The Hall–Kier alpha value is -0.570. The molecule has 1 rings (SSSR count). The van der Waals surface area contributed by atoms with Crippen molar-refractivity contribution in [2.75, 3.05) is 0 Å². The third-order valence-electron chi connectivity index (χ3n) is 4.69. The average Bonchev–Trinajstić information content (AvgIpc) is 2.38. The zero-order chi connectivity index (χ0) is 17.3. The van der Waals surface area contributed by atoms with Gasteiger partial charge in [0.2, 0.25) is 0 Å². The average molecular weight is 326 g/mol. The molecular formula is C20H39NO2. The van der Waals surface area contributed by atoms with Crippen LogP contribution in [0, 0.1) is 0 Å². The summed E-state index contributed by atoms with van der Waals surface area (Å²) in [4.78, 5) is 12.1. The molecule has 3 heteroatoms. The summed E-state index contributed by atoms with van der Waals surface area (Å²) in [5.41, 5.74) is 0.0658. The Kier molecular flexibility index (Phi) is 8.60. The second-order valence-electron chi connectivity index (χ2n) is 8.64. The van der Waals surface area contributed by atoms with E-state index in [2.05, 4.69) is 39.9 Å². The van der Waals surface area contributed by atoms with Crippen LogP contribution in [-0.4, -0.2) is 23.2 Å². The summed E-state index contributed by atoms with van der Waals surface area (Å²) < 4.78 is 5.74. The molecule has 3 nitrogen and oxygen atoms in total. The van der Waals surface area contributed by atoms with Gasteiger partial charge >= 0.3 is 5.97 Å². The van der Waals surface area contributed by atoms with E-state index >= 15 is 0 Å². The molecule has 0 saturated carbocycles. The van der Waals surface area contributed by atoms with Gasteiger partial charge in [-0.2, -0.15) is 0 Å². The van der Waals surface area contributed by atoms with E-state index < -0.39 is 0 Å². The highest BCUT2D eigenvalue weighted by molar-refractivity contribution is 5.69. The van der Waals surface area contributed by atoms with Crippen molar-refractivity contribution in [2.24, 2.45) is 0 Å². The van der Waals surface area contributed by atoms with E-state index in [0.717, 1.165) is 25.7 Å². The molecule has 0 bridgehead atoms. The molecule has 1 aliphatic rings. The number of esters is 1. The minimum atomic E-state index is -0.00511. The molecular weight excluding hydrogens is 286 g/mol. The fraction of sp³-hybridized carbons (Fsp3) is 0.950. The molecule has 136 valence electrons. The second-order valence-corrected chi connectivity index (χ2v) is 8.64. The molecule has 0 unspecified atom stereocenters. The van der Waals surface area contributed by atoms with Gasteiger partial charge in [-0.1, -0.05) is 51.9 Å². The molecule has 0 radical (unpaired) electrons. The molecule has 1 N–H and O–H groups in total. The summed E-state index contributed by atoms with van der Waals surface area (Å²) in [5, 5.41) is 3.62. The number of nitrogens with one attached hydrogen (secondary N) is 1. The highest BCUT2D eigenvalue weighted by Gasteiger charge is 2.39. The van der Waals surface area contributed by atoms with Crippen molar-refractivity contribution < 1.29 is 9.53 Å². The van der Waals surface area contributed by atoms with Crippen LogP contribution in [0.3, 0.4) is 0 Å². The maximum Gasteiger partial charge on any atom is 0.306 e. The molecule has 1 saturated heterocycles. The summed E-state index contributed by atoms with van der Waals surface area (Å²) in [6, 6.07) is 0. The Bertz CT molecular complexity index is 334. The number of hydrogen-bond acceptors (Lipinski definition) is 3. The Labute approximate surface area is 143 Å². The van der Waals surface area contributed by atoms with Gasteiger partial charge in [0.15, 0.2) is 0 Å². The molecule has 1 aliphatic heterocycles. The SMILES string of the molecule is CCCCCCCCCCC(=O)OC1CC(C)(C)NC(C)(C)C1. The lowest BCUT2D eigenvalue weighted by molar-refractivity contribution is -0.153. The van der Waals surface area contributed by atoms with Gasteiger partial charge in [-0.15, -0.1) is 0 Å². The Morgan fingerprint density at radius 3 is 1.91 bits per heavy atom. The van der Waals surface area contributed by atoms with Crippen molar-refractivity contribution in [1.29, 1.82) is 0 Å². The highest BCUT2D eigenvalue weighted by atomic mass is 16.5. The molecule has 0 aromatic heterocycles. The van der Waals surface area contributed by atoms with E-state index in [9.17, 15) is 4.79 Å². The van der Waals surface area contributed by atoms with Crippen LogP contribution >= 0.6 is 0 Å². The van der Waals surface area contributed by atoms with Crippen molar-refractivity contribution in [2.45, 2.75) is 122 Å². The first-order valence-corrected chi connectivity index (χ1v) is 9.73. The zero-order valence-electron chi connectivity index (χ0n) is 16.2. The van der Waals surface area contributed by atoms with E-state index in [1.54, 1.807) is 0 Å². The number of carbonyl (C=O) groups is 1. The quantitative estimate of drug-likeness (QED) is 0.433. The molecule has 0 aromatic carbocycles. The normalized spacial score (nSPS) is 20.4. The van der Waals surface area contributed by atoms with Crippen molar-refractivity contribution in [1.82, 2.24) is 5.32 Å². The number of unbranched alkanes of at least 4 members (excludes halogenated alkanes) is 7. The van der Waals surface area contributed by atoms with E-state index in [-0.39, 0.29) is 23.2 Å². The number of ether oxygens (including phenoxy) is 1.